The fraction of sp³-hybridized carbons (Fsp3) is 0.562. The van der Waals surface area contributed by atoms with Crippen LogP contribution in [0.1, 0.15) is 36.0 Å². The molecular formula is C16H19BrFNO. The van der Waals surface area contributed by atoms with E-state index in [0.717, 1.165) is 18.4 Å². The molecule has 0 spiro atoms. The van der Waals surface area contributed by atoms with Crippen LogP contribution in [0, 0.1) is 23.6 Å². The first-order chi connectivity index (χ1) is 9.56. The number of benzene rings is 1. The maximum Gasteiger partial charge on any atom is 0.256 e. The quantitative estimate of drug-likeness (QED) is 0.811. The van der Waals surface area contributed by atoms with Crippen molar-refractivity contribution in [2.75, 3.05) is 13.6 Å². The Morgan fingerprint density at radius 1 is 1.40 bits per heavy atom. The molecule has 1 aromatic rings. The summed E-state index contributed by atoms with van der Waals surface area (Å²) >= 11 is 3.13. The minimum Gasteiger partial charge on any atom is -0.341 e. The Labute approximate surface area is 127 Å². The van der Waals surface area contributed by atoms with E-state index >= 15 is 0 Å². The molecular weight excluding hydrogens is 321 g/mol. The third-order valence-electron chi connectivity index (χ3n) is 4.92. The lowest BCUT2D eigenvalue weighted by Crippen LogP contribution is -2.34. The smallest absolute Gasteiger partial charge is 0.256 e. The minimum atomic E-state index is -0.461. The Kier molecular flexibility index (Phi) is 3.85. The highest BCUT2D eigenvalue weighted by Crippen LogP contribution is 2.48. The molecule has 0 saturated heterocycles. The fourth-order valence-electron chi connectivity index (χ4n) is 3.91. The van der Waals surface area contributed by atoms with Gasteiger partial charge in [0.05, 0.1) is 10.0 Å². The van der Waals surface area contributed by atoms with E-state index in [9.17, 15) is 9.18 Å². The van der Waals surface area contributed by atoms with Gasteiger partial charge in [-0.25, -0.2) is 4.39 Å². The number of hydrogen-bond acceptors (Lipinski definition) is 1. The van der Waals surface area contributed by atoms with E-state index in [1.165, 1.54) is 25.7 Å². The zero-order valence-electron chi connectivity index (χ0n) is 11.6. The maximum absolute atomic E-state index is 14.0. The van der Waals surface area contributed by atoms with Gasteiger partial charge in [-0.05, 0) is 65.1 Å². The van der Waals surface area contributed by atoms with Crippen LogP contribution in [-0.4, -0.2) is 24.4 Å². The second-order valence-corrected chi connectivity index (χ2v) is 7.08. The molecule has 2 aliphatic rings. The number of nitrogens with zero attached hydrogens (tertiary/aromatic N) is 1. The van der Waals surface area contributed by atoms with Crippen molar-refractivity contribution in [2.45, 2.75) is 25.7 Å². The molecule has 2 fully saturated rings. The summed E-state index contributed by atoms with van der Waals surface area (Å²) < 4.78 is 14.3. The number of halogens is 2. The number of carbonyl (C=O) groups excluding carboxylic acids is 1. The number of rotatable bonds is 3. The molecule has 2 bridgehead atoms. The van der Waals surface area contributed by atoms with Gasteiger partial charge in [0, 0.05) is 13.6 Å². The lowest BCUT2D eigenvalue weighted by Gasteiger charge is -2.27. The van der Waals surface area contributed by atoms with Gasteiger partial charge in [-0.2, -0.15) is 0 Å². The zero-order chi connectivity index (χ0) is 14.3. The average Bonchev–Trinajstić information content (AvgIpc) is 3.03. The highest BCUT2D eigenvalue weighted by molar-refractivity contribution is 9.10. The number of carbonyl (C=O) groups is 1. The van der Waals surface area contributed by atoms with Crippen molar-refractivity contribution in [1.29, 1.82) is 0 Å². The monoisotopic (exact) mass is 339 g/mol. The van der Waals surface area contributed by atoms with Crippen LogP contribution in [0.15, 0.2) is 22.7 Å². The second kappa shape index (κ2) is 5.47. The van der Waals surface area contributed by atoms with Gasteiger partial charge < -0.3 is 4.90 Å². The highest BCUT2D eigenvalue weighted by Gasteiger charge is 2.40. The van der Waals surface area contributed by atoms with E-state index in [-0.39, 0.29) is 11.5 Å². The van der Waals surface area contributed by atoms with Crippen LogP contribution in [0.5, 0.6) is 0 Å². The molecule has 0 aromatic heterocycles. The van der Waals surface area contributed by atoms with Crippen LogP contribution >= 0.6 is 15.9 Å². The largest absolute Gasteiger partial charge is 0.341 e. The Bertz CT molecular complexity index is 533. The fourth-order valence-corrected chi connectivity index (χ4v) is 4.28. The summed E-state index contributed by atoms with van der Waals surface area (Å²) in [5, 5.41) is 0. The molecule has 0 heterocycles. The molecule has 1 aromatic carbocycles. The standard InChI is InChI=1S/C16H19BrFNO/c1-19(9-12-8-10-5-6-11(12)7-10)16(20)13-3-2-4-14(17)15(13)18/h2-4,10-12H,5-9H2,1H3. The molecule has 0 N–H and O–H groups in total. The molecule has 3 unspecified atom stereocenters. The predicted octanol–water partition coefficient (Wildman–Crippen LogP) is 4.10. The van der Waals surface area contributed by atoms with Gasteiger partial charge in [0.2, 0.25) is 0 Å². The van der Waals surface area contributed by atoms with E-state index in [4.69, 9.17) is 0 Å². The summed E-state index contributed by atoms with van der Waals surface area (Å²) in [5.74, 6) is 1.58. The van der Waals surface area contributed by atoms with Gasteiger partial charge in [-0.1, -0.05) is 12.5 Å². The van der Waals surface area contributed by atoms with Crippen molar-refractivity contribution >= 4 is 21.8 Å². The lowest BCUT2D eigenvalue weighted by atomic mass is 9.88. The summed E-state index contributed by atoms with van der Waals surface area (Å²) in [5.41, 5.74) is 0.157. The Morgan fingerprint density at radius 2 is 2.20 bits per heavy atom. The molecule has 0 radical (unpaired) electrons. The summed E-state index contributed by atoms with van der Waals surface area (Å²) in [4.78, 5) is 14.1. The predicted molar refractivity (Wildman–Crippen MR) is 80.0 cm³/mol. The van der Waals surface area contributed by atoms with Crippen molar-refractivity contribution in [3.8, 4) is 0 Å². The van der Waals surface area contributed by atoms with Crippen LogP contribution in [0.3, 0.4) is 0 Å². The van der Waals surface area contributed by atoms with Crippen molar-refractivity contribution in [2.24, 2.45) is 17.8 Å². The minimum absolute atomic E-state index is 0.157. The van der Waals surface area contributed by atoms with E-state index in [1.54, 1.807) is 30.1 Å². The van der Waals surface area contributed by atoms with Crippen molar-refractivity contribution in [3.63, 3.8) is 0 Å². The van der Waals surface area contributed by atoms with E-state index < -0.39 is 5.82 Å². The van der Waals surface area contributed by atoms with Gasteiger partial charge in [-0.15, -0.1) is 0 Å². The molecule has 2 nitrogen and oxygen atoms in total. The third-order valence-corrected chi connectivity index (χ3v) is 5.53. The Morgan fingerprint density at radius 3 is 2.85 bits per heavy atom. The van der Waals surface area contributed by atoms with Gasteiger partial charge >= 0.3 is 0 Å². The first-order valence-electron chi connectivity index (χ1n) is 7.25. The third kappa shape index (κ3) is 2.50. The van der Waals surface area contributed by atoms with Crippen molar-refractivity contribution in [1.82, 2.24) is 4.90 Å². The summed E-state index contributed by atoms with van der Waals surface area (Å²) in [7, 11) is 1.79. The normalized spacial score (nSPS) is 27.9. The topological polar surface area (TPSA) is 20.3 Å². The molecule has 20 heavy (non-hydrogen) atoms. The van der Waals surface area contributed by atoms with Crippen LogP contribution < -0.4 is 0 Å². The summed E-state index contributed by atoms with van der Waals surface area (Å²) in [6.07, 6.45) is 5.24. The van der Waals surface area contributed by atoms with Crippen LogP contribution in [0.4, 0.5) is 4.39 Å². The van der Waals surface area contributed by atoms with Crippen LogP contribution in [0.25, 0.3) is 0 Å². The molecule has 1 amide bonds. The average molecular weight is 340 g/mol. The molecule has 2 saturated carbocycles. The molecule has 3 rings (SSSR count). The van der Waals surface area contributed by atoms with Crippen LogP contribution in [-0.2, 0) is 0 Å². The molecule has 2 aliphatic carbocycles. The van der Waals surface area contributed by atoms with E-state index in [2.05, 4.69) is 15.9 Å². The van der Waals surface area contributed by atoms with Gasteiger partial charge in [0.1, 0.15) is 5.82 Å². The molecule has 108 valence electrons. The SMILES string of the molecule is CN(CC1CC2CCC1C2)C(=O)c1cccc(Br)c1F. The van der Waals surface area contributed by atoms with E-state index in [0.29, 0.717) is 10.4 Å². The first kappa shape index (κ1) is 14.1. The lowest BCUT2D eigenvalue weighted by molar-refractivity contribution is 0.0749. The van der Waals surface area contributed by atoms with Crippen LogP contribution in [0.2, 0.25) is 0 Å². The van der Waals surface area contributed by atoms with Crippen molar-refractivity contribution < 1.29 is 9.18 Å². The van der Waals surface area contributed by atoms with Gasteiger partial charge in [-0.3, -0.25) is 4.79 Å². The highest BCUT2D eigenvalue weighted by atomic mass is 79.9. The summed E-state index contributed by atoms with van der Waals surface area (Å²) in [6.45, 7) is 0.756. The Balaban J connectivity index is 1.69. The zero-order valence-corrected chi connectivity index (χ0v) is 13.2. The first-order valence-corrected chi connectivity index (χ1v) is 8.05. The number of hydrogen-bond donors (Lipinski definition) is 0. The molecule has 0 aliphatic heterocycles. The maximum atomic E-state index is 14.0. The molecule has 4 heteroatoms. The van der Waals surface area contributed by atoms with Gasteiger partial charge in [0.15, 0.2) is 0 Å². The molecule has 3 atom stereocenters. The van der Waals surface area contributed by atoms with Gasteiger partial charge in [0.25, 0.3) is 5.91 Å². The second-order valence-electron chi connectivity index (χ2n) is 6.22. The Hall–Kier alpha value is -0.900. The summed E-state index contributed by atoms with van der Waals surface area (Å²) in [6, 6.07) is 4.87. The van der Waals surface area contributed by atoms with Crippen molar-refractivity contribution in [3.05, 3.63) is 34.1 Å². The van der Waals surface area contributed by atoms with E-state index in [1.807, 2.05) is 0 Å². The number of fused-ring (bicyclic) bond motifs is 2. The number of amides is 1.